The SMILES string of the molecule is CCCCCCCCCC(=O)NCCCOCCN(C)C. The van der Waals surface area contributed by atoms with Gasteiger partial charge in [-0.1, -0.05) is 45.4 Å². The van der Waals surface area contributed by atoms with Crippen LogP contribution in [0.1, 0.15) is 64.7 Å². The van der Waals surface area contributed by atoms with Gasteiger partial charge in [0.05, 0.1) is 6.61 Å². The molecule has 0 aromatic rings. The number of carbonyl (C=O) groups excluding carboxylic acids is 1. The summed E-state index contributed by atoms with van der Waals surface area (Å²) in [5.41, 5.74) is 0. The first-order chi connectivity index (χ1) is 10.2. The molecule has 0 aromatic heterocycles. The summed E-state index contributed by atoms with van der Waals surface area (Å²) in [7, 11) is 4.07. The van der Waals surface area contributed by atoms with E-state index in [1.165, 1.54) is 38.5 Å². The van der Waals surface area contributed by atoms with Gasteiger partial charge >= 0.3 is 0 Å². The van der Waals surface area contributed by atoms with Gasteiger partial charge in [0.15, 0.2) is 0 Å². The van der Waals surface area contributed by atoms with E-state index in [2.05, 4.69) is 17.1 Å². The molecule has 4 heteroatoms. The minimum absolute atomic E-state index is 0.192. The van der Waals surface area contributed by atoms with Gasteiger partial charge in [-0.25, -0.2) is 0 Å². The van der Waals surface area contributed by atoms with E-state index in [1.54, 1.807) is 0 Å². The van der Waals surface area contributed by atoms with E-state index < -0.39 is 0 Å². The highest BCUT2D eigenvalue weighted by Crippen LogP contribution is 2.08. The highest BCUT2D eigenvalue weighted by Gasteiger charge is 2.00. The average molecular weight is 300 g/mol. The van der Waals surface area contributed by atoms with Crippen molar-refractivity contribution in [2.24, 2.45) is 0 Å². The first-order valence-electron chi connectivity index (χ1n) is 8.66. The molecule has 0 heterocycles. The van der Waals surface area contributed by atoms with Crippen molar-refractivity contribution in [3.63, 3.8) is 0 Å². The Morgan fingerprint density at radius 3 is 2.29 bits per heavy atom. The van der Waals surface area contributed by atoms with Gasteiger partial charge in [-0.3, -0.25) is 4.79 Å². The lowest BCUT2D eigenvalue weighted by molar-refractivity contribution is -0.121. The standard InChI is InChI=1S/C17H36N2O2/c1-4-5-6-7-8-9-10-12-17(20)18-13-11-15-21-16-14-19(2)3/h4-16H2,1-3H3,(H,18,20). The molecular weight excluding hydrogens is 264 g/mol. The van der Waals surface area contributed by atoms with Crippen molar-refractivity contribution < 1.29 is 9.53 Å². The lowest BCUT2D eigenvalue weighted by atomic mass is 10.1. The first-order valence-corrected chi connectivity index (χ1v) is 8.66. The molecule has 0 aliphatic carbocycles. The summed E-state index contributed by atoms with van der Waals surface area (Å²) in [6, 6.07) is 0. The quantitative estimate of drug-likeness (QED) is 0.472. The van der Waals surface area contributed by atoms with Crippen LogP contribution in [-0.4, -0.2) is 51.2 Å². The molecule has 0 spiro atoms. The Kier molecular flexibility index (Phi) is 15.3. The molecule has 1 N–H and O–H groups in total. The number of carbonyl (C=O) groups is 1. The molecule has 0 unspecified atom stereocenters. The maximum absolute atomic E-state index is 11.6. The molecule has 0 rings (SSSR count). The third kappa shape index (κ3) is 17.3. The van der Waals surface area contributed by atoms with Gasteiger partial charge in [0.2, 0.25) is 5.91 Å². The largest absolute Gasteiger partial charge is 0.380 e. The Hall–Kier alpha value is -0.610. The van der Waals surface area contributed by atoms with E-state index in [4.69, 9.17) is 4.74 Å². The molecule has 0 fully saturated rings. The van der Waals surface area contributed by atoms with E-state index in [9.17, 15) is 4.79 Å². The molecule has 0 aliphatic rings. The van der Waals surface area contributed by atoms with Gasteiger partial charge in [-0.2, -0.15) is 0 Å². The molecule has 0 atom stereocenters. The van der Waals surface area contributed by atoms with Crippen LogP contribution in [0.5, 0.6) is 0 Å². The molecule has 0 bridgehead atoms. The molecule has 4 nitrogen and oxygen atoms in total. The summed E-state index contributed by atoms with van der Waals surface area (Å²) in [6.07, 6.45) is 10.4. The second kappa shape index (κ2) is 15.8. The van der Waals surface area contributed by atoms with Crippen molar-refractivity contribution in [2.45, 2.75) is 64.7 Å². The smallest absolute Gasteiger partial charge is 0.219 e. The van der Waals surface area contributed by atoms with Crippen LogP contribution in [0.4, 0.5) is 0 Å². The van der Waals surface area contributed by atoms with E-state index in [1.807, 2.05) is 14.1 Å². The van der Waals surface area contributed by atoms with Crippen molar-refractivity contribution in [3.8, 4) is 0 Å². The first kappa shape index (κ1) is 20.4. The molecule has 21 heavy (non-hydrogen) atoms. The fraction of sp³-hybridized carbons (Fsp3) is 0.941. The van der Waals surface area contributed by atoms with Crippen molar-refractivity contribution >= 4 is 5.91 Å². The zero-order valence-corrected chi connectivity index (χ0v) is 14.5. The summed E-state index contributed by atoms with van der Waals surface area (Å²) in [4.78, 5) is 13.7. The monoisotopic (exact) mass is 300 g/mol. The Morgan fingerprint density at radius 2 is 1.62 bits per heavy atom. The predicted octanol–water partition coefficient (Wildman–Crippen LogP) is 3.21. The Bertz CT molecular complexity index is 233. The second-order valence-electron chi connectivity index (χ2n) is 5.99. The summed E-state index contributed by atoms with van der Waals surface area (Å²) in [5, 5.41) is 2.96. The molecule has 126 valence electrons. The van der Waals surface area contributed by atoms with Crippen molar-refractivity contribution in [1.82, 2.24) is 10.2 Å². The van der Waals surface area contributed by atoms with Gasteiger partial charge in [0.1, 0.15) is 0 Å². The van der Waals surface area contributed by atoms with Crippen molar-refractivity contribution in [3.05, 3.63) is 0 Å². The predicted molar refractivity (Wildman–Crippen MR) is 89.6 cm³/mol. The van der Waals surface area contributed by atoms with Gasteiger partial charge < -0.3 is 15.0 Å². The third-order valence-corrected chi connectivity index (χ3v) is 3.48. The van der Waals surface area contributed by atoms with Crippen LogP contribution in [0, 0.1) is 0 Å². The van der Waals surface area contributed by atoms with Crippen LogP contribution >= 0.6 is 0 Å². The second-order valence-corrected chi connectivity index (χ2v) is 5.99. The van der Waals surface area contributed by atoms with Crippen LogP contribution in [0.2, 0.25) is 0 Å². The Labute approximate surface area is 131 Å². The van der Waals surface area contributed by atoms with E-state index >= 15 is 0 Å². The molecule has 0 saturated heterocycles. The van der Waals surface area contributed by atoms with Crippen LogP contribution in [0.25, 0.3) is 0 Å². The molecule has 0 aromatic carbocycles. The fourth-order valence-electron chi connectivity index (χ4n) is 2.08. The molecule has 0 saturated carbocycles. The number of unbranched alkanes of at least 4 members (excludes halogenated alkanes) is 6. The van der Waals surface area contributed by atoms with Crippen LogP contribution in [-0.2, 0) is 9.53 Å². The highest BCUT2D eigenvalue weighted by molar-refractivity contribution is 5.75. The lowest BCUT2D eigenvalue weighted by Gasteiger charge is -2.10. The number of likely N-dealkylation sites (N-methyl/N-ethyl adjacent to an activating group) is 1. The summed E-state index contributed by atoms with van der Waals surface area (Å²) in [5.74, 6) is 0.192. The number of hydrogen-bond acceptors (Lipinski definition) is 3. The van der Waals surface area contributed by atoms with Gasteiger partial charge in [-0.15, -0.1) is 0 Å². The number of rotatable bonds is 15. The van der Waals surface area contributed by atoms with Crippen LogP contribution in [0.15, 0.2) is 0 Å². The zero-order valence-electron chi connectivity index (χ0n) is 14.5. The molecule has 0 radical (unpaired) electrons. The molecule has 0 aliphatic heterocycles. The third-order valence-electron chi connectivity index (χ3n) is 3.48. The highest BCUT2D eigenvalue weighted by atomic mass is 16.5. The molecule has 1 amide bonds. The Morgan fingerprint density at radius 1 is 0.952 bits per heavy atom. The van der Waals surface area contributed by atoms with E-state index in [0.717, 1.165) is 39.1 Å². The van der Waals surface area contributed by atoms with Gasteiger partial charge in [-0.05, 0) is 26.9 Å². The number of nitrogens with zero attached hydrogens (tertiary/aromatic N) is 1. The maximum Gasteiger partial charge on any atom is 0.219 e. The zero-order chi connectivity index (χ0) is 15.8. The average Bonchev–Trinajstić information content (AvgIpc) is 2.45. The maximum atomic E-state index is 11.6. The topological polar surface area (TPSA) is 41.6 Å². The van der Waals surface area contributed by atoms with Crippen molar-refractivity contribution in [2.75, 3.05) is 40.4 Å². The number of amides is 1. The lowest BCUT2D eigenvalue weighted by Crippen LogP contribution is -2.25. The van der Waals surface area contributed by atoms with E-state index in [-0.39, 0.29) is 5.91 Å². The van der Waals surface area contributed by atoms with Crippen molar-refractivity contribution in [1.29, 1.82) is 0 Å². The Balaban J connectivity index is 3.16. The van der Waals surface area contributed by atoms with Gasteiger partial charge in [0.25, 0.3) is 0 Å². The fourth-order valence-corrected chi connectivity index (χ4v) is 2.08. The van der Waals surface area contributed by atoms with E-state index in [0.29, 0.717) is 6.42 Å². The number of nitrogens with one attached hydrogen (secondary N) is 1. The minimum atomic E-state index is 0.192. The summed E-state index contributed by atoms with van der Waals surface area (Å²) < 4.78 is 5.48. The number of hydrogen-bond donors (Lipinski definition) is 1. The van der Waals surface area contributed by atoms with Gasteiger partial charge in [0, 0.05) is 26.1 Å². The normalized spacial score (nSPS) is 11.0. The number of ether oxygens (including phenoxy) is 1. The van der Waals surface area contributed by atoms with Crippen LogP contribution in [0.3, 0.4) is 0 Å². The molecular formula is C17H36N2O2. The summed E-state index contributed by atoms with van der Waals surface area (Å²) >= 11 is 0. The summed E-state index contributed by atoms with van der Waals surface area (Å²) in [6.45, 7) is 5.41. The van der Waals surface area contributed by atoms with Crippen LogP contribution < -0.4 is 5.32 Å². The minimum Gasteiger partial charge on any atom is -0.380 e.